The van der Waals surface area contributed by atoms with Crippen molar-refractivity contribution in [1.29, 1.82) is 0 Å². The van der Waals surface area contributed by atoms with E-state index in [1.54, 1.807) is 10.9 Å². The average Bonchev–Trinajstić information content (AvgIpc) is 3.14. The van der Waals surface area contributed by atoms with Crippen LogP contribution in [-0.2, 0) is 11.8 Å². The Balaban J connectivity index is 1.78. The first-order valence-electron chi connectivity index (χ1n) is 11.1. The monoisotopic (exact) mass is 427 g/mol. The minimum Gasteiger partial charge on any atom is -0.345 e. The van der Waals surface area contributed by atoms with Crippen LogP contribution < -0.4 is 5.32 Å². The lowest BCUT2D eigenvalue weighted by molar-refractivity contribution is -0.116. The average molecular weight is 428 g/mol. The molecule has 1 aliphatic heterocycles. The first-order chi connectivity index (χ1) is 14.8. The fourth-order valence-electron chi connectivity index (χ4n) is 4.11. The fraction of sp³-hybridized carbons (Fsp3) is 0.542. The van der Waals surface area contributed by atoms with E-state index in [2.05, 4.69) is 34.2 Å². The van der Waals surface area contributed by atoms with Crippen LogP contribution >= 0.6 is 0 Å². The number of nitrogens with one attached hydrogen (secondary N) is 1. The predicted octanol–water partition coefficient (Wildman–Crippen LogP) is 3.39. The predicted molar refractivity (Wildman–Crippen MR) is 123 cm³/mol. The van der Waals surface area contributed by atoms with Gasteiger partial charge in [-0.15, -0.1) is 0 Å². The minimum atomic E-state index is -1.08. The number of carbonyl (C=O) groups is 1. The van der Waals surface area contributed by atoms with E-state index in [9.17, 15) is 9.18 Å². The summed E-state index contributed by atoms with van der Waals surface area (Å²) in [5.74, 6) is 0.190. The SMILES string of the molecule is CCN=C(C(=O)N[C@@H]1CCN(CC(C)C)C[C@H]1F)c1cc(-c2cnn(C)c2)ccc1C. The highest BCUT2D eigenvalue weighted by molar-refractivity contribution is 6.45. The third-order valence-electron chi connectivity index (χ3n) is 5.63. The molecule has 0 saturated carbocycles. The molecule has 6 nitrogen and oxygen atoms in total. The Morgan fingerprint density at radius 1 is 1.35 bits per heavy atom. The van der Waals surface area contributed by atoms with Crippen molar-refractivity contribution in [2.75, 3.05) is 26.2 Å². The summed E-state index contributed by atoms with van der Waals surface area (Å²) in [7, 11) is 1.87. The van der Waals surface area contributed by atoms with Crippen molar-refractivity contribution in [3.63, 3.8) is 0 Å². The largest absolute Gasteiger partial charge is 0.345 e. The molecule has 2 heterocycles. The summed E-state index contributed by atoms with van der Waals surface area (Å²) in [5.41, 5.74) is 4.03. The third kappa shape index (κ3) is 5.79. The first-order valence-corrected chi connectivity index (χ1v) is 11.1. The van der Waals surface area contributed by atoms with Crippen molar-refractivity contribution in [2.45, 2.75) is 46.3 Å². The van der Waals surface area contributed by atoms with Crippen molar-refractivity contribution in [3.05, 3.63) is 41.7 Å². The lowest BCUT2D eigenvalue weighted by Crippen LogP contribution is -2.54. The Bertz CT molecular complexity index is 936. The molecule has 0 unspecified atom stereocenters. The van der Waals surface area contributed by atoms with Gasteiger partial charge < -0.3 is 10.2 Å². The molecule has 1 fully saturated rings. The first kappa shape index (κ1) is 23.1. The molecule has 0 bridgehead atoms. The molecule has 1 aromatic carbocycles. The second kappa shape index (κ2) is 10.2. The molecule has 0 aliphatic carbocycles. The number of halogens is 1. The van der Waals surface area contributed by atoms with E-state index in [1.165, 1.54) is 0 Å². The van der Waals surface area contributed by atoms with Crippen LogP contribution in [0.3, 0.4) is 0 Å². The van der Waals surface area contributed by atoms with E-state index in [0.29, 0.717) is 31.1 Å². The minimum absolute atomic E-state index is 0.307. The van der Waals surface area contributed by atoms with Crippen LogP contribution in [0, 0.1) is 12.8 Å². The van der Waals surface area contributed by atoms with Crippen molar-refractivity contribution in [3.8, 4) is 11.1 Å². The van der Waals surface area contributed by atoms with Gasteiger partial charge in [0.25, 0.3) is 5.91 Å². The second-order valence-corrected chi connectivity index (χ2v) is 8.79. The molecule has 1 amide bonds. The van der Waals surface area contributed by atoms with Gasteiger partial charge in [-0.05, 0) is 43.4 Å². The lowest BCUT2D eigenvalue weighted by Gasteiger charge is -2.35. The van der Waals surface area contributed by atoms with Gasteiger partial charge in [-0.2, -0.15) is 5.10 Å². The Morgan fingerprint density at radius 3 is 2.74 bits per heavy atom. The third-order valence-corrected chi connectivity index (χ3v) is 5.63. The van der Waals surface area contributed by atoms with Gasteiger partial charge in [0.15, 0.2) is 0 Å². The molecule has 1 aliphatic rings. The second-order valence-electron chi connectivity index (χ2n) is 8.79. The van der Waals surface area contributed by atoms with Gasteiger partial charge in [-0.25, -0.2) is 4.39 Å². The number of aliphatic imine (C=N–C) groups is 1. The summed E-state index contributed by atoms with van der Waals surface area (Å²) >= 11 is 0. The summed E-state index contributed by atoms with van der Waals surface area (Å²) in [5, 5.41) is 7.16. The number of piperidine rings is 1. The van der Waals surface area contributed by atoms with Crippen LogP contribution in [-0.4, -0.2) is 64.7 Å². The van der Waals surface area contributed by atoms with E-state index >= 15 is 0 Å². The molecule has 2 atom stereocenters. The number of hydrogen-bond acceptors (Lipinski definition) is 4. The van der Waals surface area contributed by atoms with Crippen LogP contribution in [0.15, 0.2) is 35.6 Å². The van der Waals surface area contributed by atoms with Gasteiger partial charge in [-0.1, -0.05) is 26.0 Å². The van der Waals surface area contributed by atoms with Gasteiger partial charge in [0, 0.05) is 50.6 Å². The maximum Gasteiger partial charge on any atom is 0.270 e. The van der Waals surface area contributed by atoms with Crippen LogP contribution in [0.25, 0.3) is 11.1 Å². The number of aromatic nitrogens is 2. The quantitative estimate of drug-likeness (QED) is 0.689. The van der Waals surface area contributed by atoms with Crippen molar-refractivity contribution in [1.82, 2.24) is 20.0 Å². The van der Waals surface area contributed by atoms with Crippen LogP contribution in [0.1, 0.15) is 38.3 Å². The number of rotatable bonds is 7. The normalized spacial score (nSPS) is 20.3. The number of alkyl halides is 1. The smallest absolute Gasteiger partial charge is 0.270 e. The number of carbonyl (C=O) groups excluding carboxylic acids is 1. The topological polar surface area (TPSA) is 62.5 Å². The zero-order chi connectivity index (χ0) is 22.5. The maximum absolute atomic E-state index is 14.8. The molecule has 1 N–H and O–H groups in total. The van der Waals surface area contributed by atoms with E-state index in [4.69, 9.17) is 0 Å². The molecule has 2 aromatic rings. The van der Waals surface area contributed by atoms with E-state index in [1.807, 2.05) is 45.3 Å². The Morgan fingerprint density at radius 2 is 2.13 bits per heavy atom. The van der Waals surface area contributed by atoms with Crippen LogP contribution in [0.5, 0.6) is 0 Å². The van der Waals surface area contributed by atoms with Crippen molar-refractivity contribution >= 4 is 11.6 Å². The maximum atomic E-state index is 14.8. The molecule has 7 heteroatoms. The van der Waals surface area contributed by atoms with Gasteiger partial charge in [0.1, 0.15) is 11.9 Å². The fourth-order valence-corrected chi connectivity index (χ4v) is 4.11. The highest BCUT2D eigenvalue weighted by Gasteiger charge is 2.31. The van der Waals surface area contributed by atoms with Crippen LogP contribution in [0.2, 0.25) is 0 Å². The number of benzene rings is 1. The molecule has 1 aromatic heterocycles. The van der Waals surface area contributed by atoms with E-state index in [-0.39, 0.29) is 5.91 Å². The molecule has 168 valence electrons. The number of amides is 1. The molecule has 0 spiro atoms. The summed E-state index contributed by atoms with van der Waals surface area (Å²) in [6, 6.07) is 5.48. The highest BCUT2D eigenvalue weighted by atomic mass is 19.1. The van der Waals surface area contributed by atoms with E-state index < -0.39 is 12.2 Å². The number of likely N-dealkylation sites (tertiary alicyclic amines) is 1. The Labute approximate surface area is 184 Å². The summed E-state index contributed by atoms with van der Waals surface area (Å²) in [6.45, 7) is 10.6. The zero-order valence-electron chi connectivity index (χ0n) is 19.2. The number of aryl methyl sites for hydroxylation is 2. The molecular formula is C24H34FN5O. The van der Waals surface area contributed by atoms with Gasteiger partial charge in [0.05, 0.1) is 12.2 Å². The summed E-state index contributed by atoms with van der Waals surface area (Å²) < 4.78 is 16.6. The highest BCUT2D eigenvalue weighted by Crippen LogP contribution is 2.23. The Kier molecular flexibility index (Phi) is 7.59. The van der Waals surface area contributed by atoms with E-state index in [0.717, 1.165) is 35.3 Å². The molecule has 31 heavy (non-hydrogen) atoms. The van der Waals surface area contributed by atoms with Crippen molar-refractivity contribution < 1.29 is 9.18 Å². The van der Waals surface area contributed by atoms with Crippen molar-refractivity contribution in [2.24, 2.45) is 18.0 Å². The van der Waals surface area contributed by atoms with Gasteiger partial charge >= 0.3 is 0 Å². The zero-order valence-corrected chi connectivity index (χ0v) is 19.2. The van der Waals surface area contributed by atoms with Crippen LogP contribution in [0.4, 0.5) is 4.39 Å². The number of hydrogen-bond donors (Lipinski definition) is 1. The molecular weight excluding hydrogens is 393 g/mol. The standard InChI is InChI=1S/C24H34FN5O/c1-6-26-23(20-11-18(8-7-17(20)4)19-12-27-29(5)14-19)24(31)28-22-9-10-30(13-16(2)3)15-21(22)25/h7-8,11-12,14,16,21-22H,6,9-10,13,15H2,1-5H3,(H,28,31)/t21-,22-/m1/s1. The van der Waals surface area contributed by atoms with Gasteiger partial charge in [0.2, 0.25) is 0 Å². The summed E-state index contributed by atoms with van der Waals surface area (Å²) in [6.07, 6.45) is 3.25. The summed E-state index contributed by atoms with van der Waals surface area (Å²) in [4.78, 5) is 19.8. The Hall–Kier alpha value is -2.54. The lowest BCUT2D eigenvalue weighted by atomic mass is 9.97. The van der Waals surface area contributed by atoms with Gasteiger partial charge in [-0.3, -0.25) is 14.5 Å². The molecule has 1 saturated heterocycles. The molecule has 3 rings (SSSR count). The molecule has 0 radical (unpaired) electrons. The number of nitrogens with zero attached hydrogens (tertiary/aromatic N) is 4.